The maximum atomic E-state index is 9.91. The van der Waals surface area contributed by atoms with E-state index in [0.717, 1.165) is 19.5 Å². The molecule has 0 unspecified atom stereocenters. The van der Waals surface area contributed by atoms with E-state index in [1.165, 1.54) is 25.9 Å². The van der Waals surface area contributed by atoms with E-state index in [0.29, 0.717) is 24.7 Å². The Bertz CT molecular complexity index is 431. The number of aryl methyl sites for hydroxylation is 1. The van der Waals surface area contributed by atoms with Gasteiger partial charge in [-0.15, -0.1) is 0 Å². The van der Waals surface area contributed by atoms with Gasteiger partial charge in [0.2, 0.25) is 5.89 Å². The number of aliphatic hydroxyl groups is 1. The highest BCUT2D eigenvalue weighted by molar-refractivity contribution is 4.98. The lowest BCUT2D eigenvalue weighted by atomic mass is 10.2. The van der Waals surface area contributed by atoms with Gasteiger partial charge in [0.1, 0.15) is 0 Å². The number of rotatable bonds is 5. The summed E-state index contributed by atoms with van der Waals surface area (Å²) in [6, 6.07) is 0.0878. The summed E-state index contributed by atoms with van der Waals surface area (Å²) in [5.74, 6) is 1.32. The average molecular weight is 280 g/mol. The molecule has 0 bridgehead atoms. The standard InChI is InChI=1S/C14H24N4O2/c1-11-15-14(20-16-11)13-9-12(19)10-18(13)8-4-7-17-5-2-3-6-17/h12-13,19H,2-10H2,1H3/t12-,13-/m1/s1. The van der Waals surface area contributed by atoms with Crippen molar-refractivity contribution in [3.63, 3.8) is 0 Å². The summed E-state index contributed by atoms with van der Waals surface area (Å²) in [7, 11) is 0. The van der Waals surface area contributed by atoms with Crippen molar-refractivity contribution in [3.8, 4) is 0 Å². The van der Waals surface area contributed by atoms with Crippen molar-refractivity contribution >= 4 is 0 Å². The SMILES string of the molecule is Cc1noc([C@H]2C[C@@H](O)CN2CCCN2CCCC2)n1. The zero-order valence-electron chi connectivity index (χ0n) is 12.2. The van der Waals surface area contributed by atoms with E-state index < -0.39 is 0 Å². The van der Waals surface area contributed by atoms with Crippen molar-refractivity contribution in [2.45, 2.75) is 44.8 Å². The molecule has 2 aliphatic rings. The van der Waals surface area contributed by atoms with Crippen molar-refractivity contribution in [3.05, 3.63) is 11.7 Å². The van der Waals surface area contributed by atoms with Gasteiger partial charge >= 0.3 is 0 Å². The van der Waals surface area contributed by atoms with Crippen LogP contribution in [0.2, 0.25) is 0 Å². The van der Waals surface area contributed by atoms with Crippen LogP contribution in [0.25, 0.3) is 0 Å². The molecule has 0 amide bonds. The van der Waals surface area contributed by atoms with Gasteiger partial charge in [-0.25, -0.2) is 0 Å². The molecule has 20 heavy (non-hydrogen) atoms. The van der Waals surface area contributed by atoms with Crippen molar-refractivity contribution in [1.29, 1.82) is 0 Å². The summed E-state index contributed by atoms with van der Waals surface area (Å²) >= 11 is 0. The van der Waals surface area contributed by atoms with Crippen LogP contribution in [0.1, 0.15) is 43.4 Å². The number of hydrogen-bond donors (Lipinski definition) is 1. The lowest BCUT2D eigenvalue weighted by Gasteiger charge is -2.22. The molecule has 1 aromatic heterocycles. The molecule has 112 valence electrons. The quantitative estimate of drug-likeness (QED) is 0.867. The first-order valence-corrected chi connectivity index (χ1v) is 7.67. The number of aromatic nitrogens is 2. The topological polar surface area (TPSA) is 65.6 Å². The van der Waals surface area contributed by atoms with Crippen molar-refractivity contribution in [1.82, 2.24) is 19.9 Å². The minimum atomic E-state index is -0.279. The maximum absolute atomic E-state index is 9.91. The first-order chi connectivity index (χ1) is 9.72. The van der Waals surface area contributed by atoms with Crippen molar-refractivity contribution < 1.29 is 9.63 Å². The smallest absolute Gasteiger partial charge is 0.244 e. The fourth-order valence-electron chi connectivity index (χ4n) is 3.34. The highest BCUT2D eigenvalue weighted by Crippen LogP contribution is 2.31. The largest absolute Gasteiger partial charge is 0.392 e. The number of aliphatic hydroxyl groups excluding tert-OH is 1. The van der Waals surface area contributed by atoms with Gasteiger partial charge in [-0.05, 0) is 52.2 Å². The van der Waals surface area contributed by atoms with Crippen LogP contribution in [0.4, 0.5) is 0 Å². The highest BCUT2D eigenvalue weighted by Gasteiger charge is 2.35. The third-order valence-electron chi connectivity index (χ3n) is 4.33. The molecule has 3 heterocycles. The van der Waals surface area contributed by atoms with Gasteiger partial charge in [-0.2, -0.15) is 4.98 Å². The molecule has 6 heteroatoms. The molecule has 1 N–H and O–H groups in total. The predicted molar refractivity (Wildman–Crippen MR) is 74.3 cm³/mol. The van der Waals surface area contributed by atoms with Gasteiger partial charge in [-0.3, -0.25) is 4.90 Å². The average Bonchev–Trinajstić information content (AvgIpc) is 3.11. The summed E-state index contributed by atoms with van der Waals surface area (Å²) < 4.78 is 5.28. The molecule has 6 nitrogen and oxygen atoms in total. The van der Waals surface area contributed by atoms with E-state index >= 15 is 0 Å². The van der Waals surface area contributed by atoms with Crippen molar-refractivity contribution in [2.24, 2.45) is 0 Å². The molecule has 0 saturated carbocycles. The second-order valence-corrected chi connectivity index (χ2v) is 5.98. The summed E-state index contributed by atoms with van der Waals surface area (Å²) in [6.45, 7) is 7.17. The summed E-state index contributed by atoms with van der Waals surface area (Å²) in [4.78, 5) is 9.13. The van der Waals surface area contributed by atoms with Gasteiger partial charge in [0.25, 0.3) is 0 Å². The second kappa shape index (κ2) is 6.20. The monoisotopic (exact) mass is 280 g/mol. The van der Waals surface area contributed by atoms with Crippen LogP contribution in [0.3, 0.4) is 0 Å². The van der Waals surface area contributed by atoms with Crippen LogP contribution in [0.5, 0.6) is 0 Å². The third kappa shape index (κ3) is 3.19. The van der Waals surface area contributed by atoms with E-state index in [1.54, 1.807) is 0 Å². The zero-order valence-corrected chi connectivity index (χ0v) is 12.2. The van der Waals surface area contributed by atoms with E-state index in [-0.39, 0.29) is 12.1 Å². The van der Waals surface area contributed by atoms with Crippen LogP contribution in [0.15, 0.2) is 4.52 Å². The van der Waals surface area contributed by atoms with E-state index in [2.05, 4.69) is 19.9 Å². The Balaban J connectivity index is 1.53. The molecule has 2 atom stereocenters. The minimum absolute atomic E-state index is 0.0878. The first kappa shape index (κ1) is 14.0. The minimum Gasteiger partial charge on any atom is -0.392 e. The Labute approximate surface area is 119 Å². The Morgan fingerprint density at radius 3 is 2.80 bits per heavy atom. The number of likely N-dealkylation sites (tertiary alicyclic amines) is 2. The highest BCUT2D eigenvalue weighted by atomic mass is 16.5. The normalized spacial score (nSPS) is 28.5. The molecule has 2 aliphatic heterocycles. The molecule has 2 saturated heterocycles. The molecule has 0 aromatic carbocycles. The van der Waals surface area contributed by atoms with Gasteiger partial charge in [0, 0.05) is 13.1 Å². The van der Waals surface area contributed by atoms with Crippen LogP contribution in [0, 0.1) is 6.92 Å². The summed E-state index contributed by atoms with van der Waals surface area (Å²) in [5, 5.41) is 13.8. The number of nitrogens with zero attached hydrogens (tertiary/aromatic N) is 4. The molecule has 1 aromatic rings. The molecule has 2 fully saturated rings. The number of β-amino-alcohol motifs (C(OH)–C–C–N with tert-alkyl or cyclic N) is 1. The Hall–Kier alpha value is -0.980. The molecule has 0 spiro atoms. The van der Waals surface area contributed by atoms with Crippen LogP contribution >= 0.6 is 0 Å². The van der Waals surface area contributed by atoms with Gasteiger partial charge in [0.15, 0.2) is 5.82 Å². The molecule has 0 aliphatic carbocycles. The Morgan fingerprint density at radius 2 is 2.10 bits per heavy atom. The fraction of sp³-hybridized carbons (Fsp3) is 0.857. The predicted octanol–water partition coefficient (Wildman–Crippen LogP) is 0.972. The zero-order chi connectivity index (χ0) is 13.9. The van der Waals surface area contributed by atoms with E-state index in [9.17, 15) is 5.11 Å². The van der Waals surface area contributed by atoms with Crippen LogP contribution in [-0.2, 0) is 0 Å². The Morgan fingerprint density at radius 1 is 1.30 bits per heavy atom. The van der Waals surface area contributed by atoms with E-state index in [1.807, 2.05) is 6.92 Å². The Kier molecular flexibility index (Phi) is 4.33. The number of hydrogen-bond acceptors (Lipinski definition) is 6. The van der Waals surface area contributed by atoms with Gasteiger partial charge in [-0.1, -0.05) is 5.16 Å². The summed E-state index contributed by atoms with van der Waals surface area (Å²) in [5.41, 5.74) is 0. The van der Waals surface area contributed by atoms with Crippen LogP contribution in [-0.4, -0.2) is 63.9 Å². The molecular formula is C14H24N4O2. The summed E-state index contributed by atoms with van der Waals surface area (Å²) in [6.07, 6.45) is 4.24. The molecular weight excluding hydrogens is 256 g/mol. The second-order valence-electron chi connectivity index (χ2n) is 5.98. The van der Waals surface area contributed by atoms with Crippen molar-refractivity contribution in [2.75, 3.05) is 32.7 Å². The van der Waals surface area contributed by atoms with E-state index in [4.69, 9.17) is 4.52 Å². The first-order valence-electron chi connectivity index (χ1n) is 7.67. The van der Waals surface area contributed by atoms with Gasteiger partial charge < -0.3 is 14.5 Å². The van der Waals surface area contributed by atoms with Crippen LogP contribution < -0.4 is 0 Å². The maximum Gasteiger partial charge on any atom is 0.244 e. The lowest BCUT2D eigenvalue weighted by molar-refractivity contribution is 0.168. The molecule has 0 radical (unpaired) electrons. The van der Waals surface area contributed by atoms with Gasteiger partial charge in [0.05, 0.1) is 12.1 Å². The lowest BCUT2D eigenvalue weighted by Crippen LogP contribution is -2.29. The fourth-order valence-corrected chi connectivity index (χ4v) is 3.34. The molecule has 3 rings (SSSR count). The third-order valence-corrected chi connectivity index (χ3v) is 4.33.